The Hall–Kier alpha value is -2.61. The molecule has 8 heteroatoms. The number of halogens is 1. The number of hydrogen-bond donors (Lipinski definition) is 2. The molecule has 0 aliphatic rings. The number of aliphatic hydroxyl groups excluding tert-OH is 1. The van der Waals surface area contributed by atoms with Gasteiger partial charge < -0.3 is 10.4 Å². The standard InChI is InChI=1S/C17H22FN5O2/c1-11(2)8-15(24)10-19-17(25)16(23-12(3)20-21-22-23)9-13-4-6-14(18)7-5-13/h4-7,9,11,15,24H,8,10H2,1-3H3,(H,19,25)/b16-9-. The number of rotatable bonds is 7. The number of carbonyl (C=O) groups is 1. The molecule has 0 saturated carbocycles. The van der Waals surface area contributed by atoms with Crippen molar-refractivity contribution in [2.75, 3.05) is 6.54 Å². The van der Waals surface area contributed by atoms with Gasteiger partial charge in [0.2, 0.25) is 0 Å². The highest BCUT2D eigenvalue weighted by atomic mass is 19.1. The number of amides is 1. The molecule has 2 aromatic rings. The van der Waals surface area contributed by atoms with Gasteiger partial charge in [-0.2, -0.15) is 4.68 Å². The third-order valence-corrected chi connectivity index (χ3v) is 3.50. The van der Waals surface area contributed by atoms with Crippen molar-refractivity contribution in [1.82, 2.24) is 25.5 Å². The van der Waals surface area contributed by atoms with E-state index in [4.69, 9.17) is 0 Å². The highest BCUT2D eigenvalue weighted by Crippen LogP contribution is 2.13. The van der Waals surface area contributed by atoms with Gasteiger partial charge >= 0.3 is 0 Å². The van der Waals surface area contributed by atoms with Gasteiger partial charge in [-0.15, -0.1) is 5.10 Å². The fourth-order valence-corrected chi connectivity index (χ4v) is 2.32. The third-order valence-electron chi connectivity index (χ3n) is 3.50. The van der Waals surface area contributed by atoms with Crippen LogP contribution in [-0.2, 0) is 4.79 Å². The van der Waals surface area contributed by atoms with Crippen molar-refractivity contribution in [3.8, 4) is 0 Å². The quantitative estimate of drug-likeness (QED) is 0.743. The van der Waals surface area contributed by atoms with E-state index in [0.29, 0.717) is 23.7 Å². The van der Waals surface area contributed by atoms with Crippen LogP contribution >= 0.6 is 0 Å². The molecule has 1 aromatic heterocycles. The zero-order chi connectivity index (χ0) is 18.4. The molecule has 0 spiro atoms. The summed E-state index contributed by atoms with van der Waals surface area (Å²) in [6.07, 6.45) is 1.51. The van der Waals surface area contributed by atoms with Crippen LogP contribution in [0.5, 0.6) is 0 Å². The summed E-state index contributed by atoms with van der Waals surface area (Å²) in [6.45, 7) is 5.78. The number of hydrogen-bond acceptors (Lipinski definition) is 5. The van der Waals surface area contributed by atoms with E-state index in [1.165, 1.54) is 16.8 Å². The van der Waals surface area contributed by atoms with Gasteiger partial charge in [-0.05, 0) is 53.5 Å². The highest BCUT2D eigenvalue weighted by molar-refractivity contribution is 6.18. The molecule has 25 heavy (non-hydrogen) atoms. The van der Waals surface area contributed by atoms with Gasteiger partial charge in [-0.1, -0.05) is 26.0 Å². The maximum Gasteiger partial charge on any atom is 0.270 e. The summed E-state index contributed by atoms with van der Waals surface area (Å²) in [5.74, 6) is -0.0322. The number of aryl methyl sites for hydroxylation is 1. The van der Waals surface area contributed by atoms with E-state index in [1.54, 1.807) is 25.1 Å². The molecule has 1 amide bonds. The summed E-state index contributed by atoms with van der Waals surface area (Å²) in [4.78, 5) is 12.6. The lowest BCUT2D eigenvalue weighted by atomic mass is 10.1. The van der Waals surface area contributed by atoms with E-state index in [2.05, 4.69) is 20.8 Å². The second kappa shape index (κ2) is 8.48. The fourth-order valence-electron chi connectivity index (χ4n) is 2.32. The summed E-state index contributed by atoms with van der Waals surface area (Å²) in [6, 6.07) is 5.71. The first-order valence-electron chi connectivity index (χ1n) is 8.05. The Kier molecular flexibility index (Phi) is 6.35. The number of nitrogens with zero attached hydrogens (tertiary/aromatic N) is 4. The minimum atomic E-state index is -0.633. The summed E-state index contributed by atoms with van der Waals surface area (Å²) in [5, 5.41) is 23.8. The molecule has 0 fully saturated rings. The smallest absolute Gasteiger partial charge is 0.270 e. The lowest BCUT2D eigenvalue weighted by Gasteiger charge is -2.15. The van der Waals surface area contributed by atoms with Gasteiger partial charge in [-0.25, -0.2) is 4.39 Å². The molecular weight excluding hydrogens is 325 g/mol. The monoisotopic (exact) mass is 347 g/mol. The molecule has 7 nitrogen and oxygen atoms in total. The Bertz CT molecular complexity index is 740. The van der Waals surface area contributed by atoms with Crippen molar-refractivity contribution in [3.63, 3.8) is 0 Å². The lowest BCUT2D eigenvalue weighted by molar-refractivity contribution is -0.116. The van der Waals surface area contributed by atoms with E-state index in [-0.39, 0.29) is 18.1 Å². The number of aromatic nitrogens is 4. The highest BCUT2D eigenvalue weighted by Gasteiger charge is 2.17. The van der Waals surface area contributed by atoms with Crippen LogP contribution in [0.25, 0.3) is 11.8 Å². The molecule has 1 heterocycles. The van der Waals surface area contributed by atoms with Crippen LogP contribution in [0.15, 0.2) is 24.3 Å². The van der Waals surface area contributed by atoms with Crippen molar-refractivity contribution in [1.29, 1.82) is 0 Å². The predicted molar refractivity (Wildman–Crippen MR) is 91.6 cm³/mol. The molecule has 2 rings (SSSR count). The average molecular weight is 347 g/mol. The Morgan fingerprint density at radius 3 is 2.60 bits per heavy atom. The summed E-state index contributed by atoms with van der Waals surface area (Å²) < 4.78 is 14.4. The number of aliphatic hydroxyl groups is 1. The van der Waals surface area contributed by atoms with Crippen LogP contribution < -0.4 is 5.32 Å². The minimum absolute atomic E-state index is 0.124. The number of benzene rings is 1. The summed E-state index contributed by atoms with van der Waals surface area (Å²) >= 11 is 0. The first-order chi connectivity index (χ1) is 11.9. The van der Waals surface area contributed by atoms with Gasteiger partial charge in [0.15, 0.2) is 5.82 Å². The molecule has 1 unspecified atom stereocenters. The third kappa shape index (κ3) is 5.46. The normalized spacial score (nSPS) is 13.1. The van der Waals surface area contributed by atoms with Crippen LogP contribution in [0.4, 0.5) is 4.39 Å². The van der Waals surface area contributed by atoms with Gasteiger partial charge in [0, 0.05) is 6.54 Å². The zero-order valence-corrected chi connectivity index (χ0v) is 14.5. The Morgan fingerprint density at radius 1 is 1.36 bits per heavy atom. The fraction of sp³-hybridized carbons (Fsp3) is 0.412. The maximum absolute atomic E-state index is 13.1. The van der Waals surface area contributed by atoms with Crippen LogP contribution in [0.1, 0.15) is 31.7 Å². The van der Waals surface area contributed by atoms with Gasteiger partial charge in [0.25, 0.3) is 5.91 Å². The van der Waals surface area contributed by atoms with Crippen LogP contribution in [0.3, 0.4) is 0 Å². The first kappa shape index (κ1) is 18.7. The summed E-state index contributed by atoms with van der Waals surface area (Å²) in [7, 11) is 0. The van der Waals surface area contributed by atoms with E-state index in [9.17, 15) is 14.3 Å². The van der Waals surface area contributed by atoms with Crippen LogP contribution in [-0.4, -0.2) is 43.9 Å². The Labute approximate surface area is 145 Å². The molecule has 2 N–H and O–H groups in total. The molecular formula is C17H22FN5O2. The van der Waals surface area contributed by atoms with E-state index >= 15 is 0 Å². The minimum Gasteiger partial charge on any atom is -0.391 e. The number of carbonyl (C=O) groups excluding carboxylic acids is 1. The van der Waals surface area contributed by atoms with Gasteiger partial charge in [-0.3, -0.25) is 4.79 Å². The Balaban J connectivity index is 2.22. The van der Waals surface area contributed by atoms with Crippen molar-refractivity contribution in [2.45, 2.75) is 33.3 Å². The molecule has 134 valence electrons. The molecule has 0 bridgehead atoms. The zero-order valence-electron chi connectivity index (χ0n) is 14.5. The second-order valence-electron chi connectivity index (χ2n) is 6.21. The molecule has 1 aromatic carbocycles. The molecule has 0 radical (unpaired) electrons. The van der Waals surface area contributed by atoms with Crippen molar-refractivity contribution < 1.29 is 14.3 Å². The lowest BCUT2D eigenvalue weighted by Crippen LogP contribution is -2.34. The van der Waals surface area contributed by atoms with E-state index in [1.807, 2.05) is 13.8 Å². The van der Waals surface area contributed by atoms with Crippen molar-refractivity contribution >= 4 is 17.7 Å². The maximum atomic E-state index is 13.1. The van der Waals surface area contributed by atoms with Gasteiger partial charge in [0.05, 0.1) is 6.10 Å². The SMILES string of the molecule is Cc1nnnn1/C(=C\c1ccc(F)cc1)C(=O)NCC(O)CC(C)C. The number of tetrazole rings is 1. The van der Waals surface area contributed by atoms with Crippen molar-refractivity contribution in [2.24, 2.45) is 5.92 Å². The first-order valence-corrected chi connectivity index (χ1v) is 8.05. The van der Waals surface area contributed by atoms with Crippen LogP contribution in [0, 0.1) is 18.7 Å². The average Bonchev–Trinajstić information content (AvgIpc) is 2.97. The Morgan fingerprint density at radius 2 is 2.04 bits per heavy atom. The summed E-state index contributed by atoms with van der Waals surface area (Å²) in [5.41, 5.74) is 0.815. The molecule has 1 atom stereocenters. The molecule has 0 saturated heterocycles. The van der Waals surface area contributed by atoms with Gasteiger partial charge in [0.1, 0.15) is 11.5 Å². The molecule has 0 aliphatic carbocycles. The topological polar surface area (TPSA) is 92.9 Å². The van der Waals surface area contributed by atoms with E-state index < -0.39 is 12.0 Å². The van der Waals surface area contributed by atoms with E-state index in [0.717, 1.165) is 0 Å². The second-order valence-corrected chi connectivity index (χ2v) is 6.21. The predicted octanol–water partition coefficient (Wildman–Crippen LogP) is 1.64. The number of nitrogens with one attached hydrogen (secondary N) is 1. The molecule has 0 aliphatic heterocycles. The largest absolute Gasteiger partial charge is 0.391 e. The van der Waals surface area contributed by atoms with Crippen molar-refractivity contribution in [3.05, 3.63) is 41.5 Å². The van der Waals surface area contributed by atoms with Crippen LogP contribution in [0.2, 0.25) is 0 Å².